The molecular formula is C44H26N4OS2. The summed E-state index contributed by atoms with van der Waals surface area (Å²) in [5.41, 5.74) is 6.76. The summed E-state index contributed by atoms with van der Waals surface area (Å²) in [4.78, 5) is 14.9. The van der Waals surface area contributed by atoms with Gasteiger partial charge in [-0.1, -0.05) is 97.1 Å². The highest BCUT2D eigenvalue weighted by atomic mass is 32.1. The number of pyridine rings is 1. The standard InChI is InChI=1S/C44H26N4OS2/c1-2-9-25(10-3-1)42-46-43(33-14-8-13-31-29-12-5-7-16-38(29)51-41(31)33)48-44(47-42)34-21-27(22-35-40(34)32-19-20-45-24-36(32)49-35)26-17-18-30-28-11-4-6-15-37(28)50-39(30)23-26/h1-24,43H,(H,46,47,48). The number of benzene rings is 6. The SMILES string of the molecule is c1ccc(C2=NC(c3cccc4c3sc3ccccc34)NC(c3cc(-c4ccc5c(c4)sc4ccccc45)cc4oc5cnccc5c34)=N2)cc1. The number of amidine groups is 2. The molecule has 0 spiro atoms. The first-order valence-electron chi connectivity index (χ1n) is 16.9. The summed E-state index contributed by atoms with van der Waals surface area (Å²) in [6.45, 7) is 0. The zero-order chi connectivity index (χ0) is 33.5. The van der Waals surface area contributed by atoms with Crippen LogP contribution in [0.3, 0.4) is 0 Å². The minimum Gasteiger partial charge on any atom is -0.454 e. The molecule has 0 bridgehead atoms. The summed E-state index contributed by atoms with van der Waals surface area (Å²) >= 11 is 3.64. The van der Waals surface area contributed by atoms with Crippen molar-refractivity contribution in [1.29, 1.82) is 0 Å². The van der Waals surface area contributed by atoms with Gasteiger partial charge in [-0.15, -0.1) is 22.7 Å². The highest BCUT2D eigenvalue weighted by Crippen LogP contribution is 2.41. The van der Waals surface area contributed by atoms with Gasteiger partial charge in [-0.25, -0.2) is 9.98 Å². The molecule has 0 saturated carbocycles. The largest absolute Gasteiger partial charge is 0.454 e. The average molecular weight is 691 g/mol. The van der Waals surface area contributed by atoms with E-state index >= 15 is 0 Å². The van der Waals surface area contributed by atoms with Crippen LogP contribution in [0, 0.1) is 0 Å². The Labute approximate surface area is 299 Å². The molecule has 0 radical (unpaired) electrons. The van der Waals surface area contributed by atoms with E-state index in [4.69, 9.17) is 14.4 Å². The second kappa shape index (κ2) is 11.2. The van der Waals surface area contributed by atoms with Crippen LogP contribution in [0.2, 0.25) is 0 Å². The molecule has 11 rings (SSSR count). The van der Waals surface area contributed by atoms with Crippen LogP contribution in [0.5, 0.6) is 0 Å². The molecule has 1 aliphatic heterocycles. The van der Waals surface area contributed by atoms with Crippen LogP contribution in [-0.2, 0) is 0 Å². The van der Waals surface area contributed by atoms with Gasteiger partial charge in [0.05, 0.1) is 6.20 Å². The van der Waals surface area contributed by atoms with Crippen LogP contribution in [0.25, 0.3) is 73.4 Å². The van der Waals surface area contributed by atoms with Gasteiger partial charge < -0.3 is 9.73 Å². The molecule has 1 atom stereocenters. The minimum atomic E-state index is -0.363. The van der Waals surface area contributed by atoms with Gasteiger partial charge in [-0.05, 0) is 47.5 Å². The van der Waals surface area contributed by atoms with Gasteiger partial charge in [0.25, 0.3) is 0 Å². The van der Waals surface area contributed by atoms with Gasteiger partial charge in [-0.3, -0.25) is 4.98 Å². The zero-order valence-corrected chi connectivity index (χ0v) is 28.6. The summed E-state index contributed by atoms with van der Waals surface area (Å²) in [5.74, 6) is 1.44. The Bertz CT molecular complexity index is 3080. The number of hydrogen-bond donors (Lipinski definition) is 1. The first-order chi connectivity index (χ1) is 25.2. The normalized spacial score (nSPS) is 14.9. The van der Waals surface area contributed by atoms with Crippen LogP contribution in [0.15, 0.2) is 160 Å². The van der Waals surface area contributed by atoms with Gasteiger partial charge >= 0.3 is 0 Å². The van der Waals surface area contributed by atoms with Gasteiger partial charge in [-0.2, -0.15) is 0 Å². The molecule has 5 heterocycles. The summed E-state index contributed by atoms with van der Waals surface area (Å²) in [6, 6.07) is 47.2. The quantitative estimate of drug-likeness (QED) is 0.200. The van der Waals surface area contributed by atoms with Crippen molar-refractivity contribution >= 4 is 96.6 Å². The van der Waals surface area contributed by atoms with Crippen molar-refractivity contribution in [2.24, 2.45) is 9.98 Å². The van der Waals surface area contributed by atoms with Crippen LogP contribution in [0.1, 0.15) is 22.9 Å². The lowest BCUT2D eigenvalue weighted by molar-refractivity contribution is 0.666. The fourth-order valence-electron chi connectivity index (χ4n) is 7.47. The highest BCUT2D eigenvalue weighted by molar-refractivity contribution is 7.26. The number of thiophene rings is 2. The van der Waals surface area contributed by atoms with E-state index in [9.17, 15) is 0 Å². The molecule has 0 fully saturated rings. The minimum absolute atomic E-state index is 0.363. The summed E-state index contributed by atoms with van der Waals surface area (Å²) in [7, 11) is 0. The van der Waals surface area contributed by atoms with E-state index < -0.39 is 0 Å². The van der Waals surface area contributed by atoms with E-state index in [0.29, 0.717) is 5.84 Å². The molecule has 0 aliphatic carbocycles. The lowest BCUT2D eigenvalue weighted by Crippen LogP contribution is -2.33. The number of rotatable bonds is 4. The monoisotopic (exact) mass is 690 g/mol. The lowest BCUT2D eigenvalue weighted by atomic mass is 9.97. The predicted octanol–water partition coefficient (Wildman–Crippen LogP) is 11.9. The van der Waals surface area contributed by atoms with Gasteiger partial charge in [0.2, 0.25) is 0 Å². The smallest absolute Gasteiger partial charge is 0.159 e. The Hall–Kier alpha value is -6.15. The molecule has 1 N–H and O–H groups in total. The topological polar surface area (TPSA) is 62.8 Å². The molecule has 4 aromatic heterocycles. The van der Waals surface area contributed by atoms with Crippen LogP contribution in [-0.4, -0.2) is 16.7 Å². The van der Waals surface area contributed by atoms with Crippen LogP contribution < -0.4 is 5.32 Å². The Balaban J connectivity index is 1.14. The predicted molar refractivity (Wildman–Crippen MR) is 215 cm³/mol. The van der Waals surface area contributed by atoms with Gasteiger partial charge in [0.15, 0.2) is 11.4 Å². The van der Waals surface area contributed by atoms with Crippen molar-refractivity contribution in [3.8, 4) is 11.1 Å². The number of aliphatic imine (C=N–C) groups is 2. The highest BCUT2D eigenvalue weighted by Gasteiger charge is 2.26. The van der Waals surface area contributed by atoms with E-state index in [1.54, 1.807) is 6.20 Å². The molecule has 240 valence electrons. The fourth-order valence-corrected chi connectivity index (χ4v) is 9.85. The molecule has 0 amide bonds. The molecule has 6 aromatic carbocycles. The Morgan fingerprint density at radius 2 is 1.33 bits per heavy atom. The van der Waals surface area contributed by atoms with E-state index in [1.165, 1.54) is 40.3 Å². The summed E-state index contributed by atoms with van der Waals surface area (Å²) in [5, 5.41) is 10.9. The maximum absolute atomic E-state index is 6.52. The number of furan rings is 1. The first-order valence-corrected chi connectivity index (χ1v) is 18.5. The van der Waals surface area contributed by atoms with Crippen molar-refractivity contribution < 1.29 is 4.42 Å². The lowest BCUT2D eigenvalue weighted by Gasteiger charge is -2.24. The number of nitrogens with zero attached hydrogens (tertiary/aromatic N) is 3. The number of fused-ring (bicyclic) bond motifs is 9. The summed E-state index contributed by atoms with van der Waals surface area (Å²) < 4.78 is 11.6. The van der Waals surface area contributed by atoms with Crippen LogP contribution >= 0.6 is 22.7 Å². The molecular weight excluding hydrogens is 665 g/mol. The Morgan fingerprint density at radius 3 is 2.22 bits per heavy atom. The van der Waals surface area contributed by atoms with Crippen LogP contribution in [0.4, 0.5) is 0 Å². The molecule has 5 nitrogen and oxygen atoms in total. The van der Waals surface area contributed by atoms with Gasteiger partial charge in [0.1, 0.15) is 17.6 Å². The second-order valence-corrected chi connectivity index (χ2v) is 15.0. The van der Waals surface area contributed by atoms with Gasteiger partial charge in [0, 0.05) is 74.0 Å². The van der Waals surface area contributed by atoms with Crippen molar-refractivity contribution in [3.63, 3.8) is 0 Å². The third-order valence-corrected chi connectivity index (χ3v) is 12.2. The maximum Gasteiger partial charge on any atom is 0.159 e. The zero-order valence-electron chi connectivity index (χ0n) is 27.0. The number of nitrogens with one attached hydrogen (secondary N) is 1. The molecule has 1 aliphatic rings. The van der Waals surface area contributed by atoms with E-state index in [2.05, 4.69) is 119 Å². The van der Waals surface area contributed by atoms with Crippen molar-refractivity contribution in [2.75, 3.05) is 0 Å². The maximum atomic E-state index is 6.52. The third-order valence-electron chi connectivity index (χ3n) is 9.85. The average Bonchev–Trinajstić information content (AvgIpc) is 3.88. The number of hydrogen-bond acceptors (Lipinski definition) is 7. The molecule has 10 aromatic rings. The van der Waals surface area contributed by atoms with Crippen molar-refractivity contribution in [2.45, 2.75) is 6.17 Å². The summed E-state index contributed by atoms with van der Waals surface area (Å²) in [6.07, 6.45) is 3.25. The third kappa shape index (κ3) is 4.55. The van der Waals surface area contributed by atoms with E-state index in [1.807, 2.05) is 53.1 Å². The molecule has 0 saturated heterocycles. The van der Waals surface area contributed by atoms with E-state index in [0.717, 1.165) is 55.6 Å². The number of aromatic nitrogens is 1. The molecule has 7 heteroatoms. The Kier molecular flexibility index (Phi) is 6.29. The first kappa shape index (κ1) is 28.7. The second-order valence-electron chi connectivity index (χ2n) is 12.8. The van der Waals surface area contributed by atoms with Crippen molar-refractivity contribution in [1.82, 2.24) is 10.3 Å². The molecule has 1 unspecified atom stereocenters. The fraction of sp³-hybridized carbons (Fsp3) is 0.0227. The van der Waals surface area contributed by atoms with E-state index in [-0.39, 0.29) is 6.17 Å². The Morgan fingerprint density at radius 1 is 0.569 bits per heavy atom. The van der Waals surface area contributed by atoms with Crippen molar-refractivity contribution in [3.05, 3.63) is 163 Å². The molecule has 51 heavy (non-hydrogen) atoms.